The Morgan fingerprint density at radius 3 is 2.66 bits per heavy atom. The molecular formula is C21H18N6O4S. The highest BCUT2D eigenvalue weighted by Crippen LogP contribution is 2.32. The Hall–Kier alpha value is -3.96. The lowest BCUT2D eigenvalue weighted by Gasteiger charge is -2.11. The standard InChI is InChI=1S/C21H18N6O4S/c1-31-17-5-3-2-4-12(17)13-10-23-24-11-14(13)18(29)27-21-26-16-7-6-15(25-20(16)32-21)19(30)22-8-9-28/h2-7,10-11,28H,8-9H2,1H3,(H,22,30)(H,26,27,29). The molecule has 162 valence electrons. The SMILES string of the molecule is COc1ccccc1-c1cnncc1C(=O)Nc1nc2ccc(C(=O)NCCO)nc2s1. The van der Waals surface area contributed by atoms with Crippen molar-refractivity contribution in [3.05, 3.63) is 60.0 Å². The van der Waals surface area contributed by atoms with Crippen molar-refractivity contribution in [1.82, 2.24) is 25.5 Å². The number of para-hydroxylation sites is 1. The summed E-state index contributed by atoms with van der Waals surface area (Å²) in [5.41, 5.74) is 2.32. The first-order valence-corrected chi connectivity index (χ1v) is 10.3. The molecule has 0 saturated heterocycles. The van der Waals surface area contributed by atoms with Crippen LogP contribution in [0.3, 0.4) is 0 Å². The van der Waals surface area contributed by atoms with Gasteiger partial charge in [-0.05, 0) is 18.2 Å². The van der Waals surface area contributed by atoms with E-state index in [1.807, 2.05) is 18.2 Å². The largest absolute Gasteiger partial charge is 0.496 e. The minimum atomic E-state index is -0.416. The van der Waals surface area contributed by atoms with Crippen molar-refractivity contribution in [2.45, 2.75) is 0 Å². The zero-order valence-corrected chi connectivity index (χ0v) is 17.7. The van der Waals surface area contributed by atoms with Gasteiger partial charge in [-0.1, -0.05) is 29.5 Å². The number of nitrogens with zero attached hydrogens (tertiary/aromatic N) is 4. The summed E-state index contributed by atoms with van der Waals surface area (Å²) in [6.45, 7) is -0.0253. The van der Waals surface area contributed by atoms with Gasteiger partial charge in [-0.25, -0.2) is 9.97 Å². The molecule has 11 heteroatoms. The molecule has 10 nitrogen and oxygen atoms in total. The molecule has 4 rings (SSSR count). The molecule has 0 saturated carbocycles. The Kier molecular flexibility index (Phi) is 6.29. The minimum absolute atomic E-state index is 0.136. The van der Waals surface area contributed by atoms with Crippen molar-refractivity contribution < 1.29 is 19.4 Å². The van der Waals surface area contributed by atoms with Crippen LogP contribution >= 0.6 is 11.3 Å². The summed E-state index contributed by atoms with van der Waals surface area (Å²) in [7, 11) is 1.56. The third-order valence-electron chi connectivity index (χ3n) is 4.48. The van der Waals surface area contributed by atoms with Crippen LogP contribution < -0.4 is 15.4 Å². The van der Waals surface area contributed by atoms with Gasteiger partial charge in [0.15, 0.2) is 5.13 Å². The number of amides is 2. The van der Waals surface area contributed by atoms with E-state index in [0.29, 0.717) is 37.9 Å². The highest BCUT2D eigenvalue weighted by Gasteiger charge is 2.18. The number of aliphatic hydroxyl groups is 1. The fraction of sp³-hybridized carbons (Fsp3) is 0.143. The van der Waals surface area contributed by atoms with Crippen LogP contribution in [0.5, 0.6) is 5.75 Å². The maximum absolute atomic E-state index is 13.0. The van der Waals surface area contributed by atoms with Gasteiger partial charge in [-0.3, -0.25) is 14.9 Å². The molecule has 0 aliphatic rings. The van der Waals surface area contributed by atoms with Crippen LogP contribution in [0.4, 0.5) is 5.13 Å². The Morgan fingerprint density at radius 2 is 1.84 bits per heavy atom. The Morgan fingerprint density at radius 1 is 1.03 bits per heavy atom. The Labute approximate surface area is 186 Å². The molecule has 0 radical (unpaired) electrons. The van der Waals surface area contributed by atoms with Gasteiger partial charge in [0.25, 0.3) is 11.8 Å². The zero-order chi connectivity index (χ0) is 22.5. The molecule has 32 heavy (non-hydrogen) atoms. The third kappa shape index (κ3) is 4.38. The quantitative estimate of drug-likeness (QED) is 0.389. The molecule has 3 heterocycles. The van der Waals surface area contributed by atoms with Crippen molar-refractivity contribution in [3.8, 4) is 16.9 Å². The normalized spacial score (nSPS) is 10.7. The first-order chi connectivity index (χ1) is 15.6. The lowest BCUT2D eigenvalue weighted by Crippen LogP contribution is -2.27. The second-order valence-electron chi connectivity index (χ2n) is 6.49. The summed E-state index contributed by atoms with van der Waals surface area (Å²) in [6, 6.07) is 10.5. The van der Waals surface area contributed by atoms with Gasteiger partial charge in [0.1, 0.15) is 21.8 Å². The van der Waals surface area contributed by atoms with Crippen LogP contribution in [0.15, 0.2) is 48.8 Å². The fourth-order valence-corrected chi connectivity index (χ4v) is 3.84. The number of aliphatic hydroxyl groups excluding tert-OH is 1. The Balaban J connectivity index is 1.60. The van der Waals surface area contributed by atoms with Crippen molar-refractivity contribution in [2.24, 2.45) is 0 Å². The number of methoxy groups -OCH3 is 1. The van der Waals surface area contributed by atoms with Crippen molar-refractivity contribution in [1.29, 1.82) is 0 Å². The molecule has 0 unspecified atom stereocenters. The van der Waals surface area contributed by atoms with Gasteiger partial charge in [0, 0.05) is 17.7 Å². The predicted molar refractivity (Wildman–Crippen MR) is 119 cm³/mol. The average molecular weight is 450 g/mol. The molecule has 1 aromatic carbocycles. The fourth-order valence-electron chi connectivity index (χ4n) is 3.01. The number of anilines is 1. The maximum atomic E-state index is 13.0. The Bertz CT molecular complexity index is 1290. The van der Waals surface area contributed by atoms with Crippen LogP contribution in [-0.4, -0.2) is 57.3 Å². The summed E-state index contributed by atoms with van der Waals surface area (Å²) in [6.07, 6.45) is 2.89. The van der Waals surface area contributed by atoms with Crippen LogP contribution in [0.2, 0.25) is 0 Å². The van der Waals surface area contributed by atoms with Crippen molar-refractivity contribution >= 4 is 38.6 Å². The van der Waals surface area contributed by atoms with E-state index in [0.717, 1.165) is 11.3 Å². The van der Waals surface area contributed by atoms with E-state index < -0.39 is 11.8 Å². The van der Waals surface area contributed by atoms with Crippen molar-refractivity contribution in [2.75, 3.05) is 25.6 Å². The molecule has 0 bridgehead atoms. The van der Waals surface area contributed by atoms with E-state index in [1.165, 1.54) is 18.5 Å². The molecule has 4 aromatic rings. The first-order valence-electron chi connectivity index (χ1n) is 9.52. The topological polar surface area (TPSA) is 139 Å². The van der Waals surface area contributed by atoms with E-state index in [1.54, 1.807) is 19.2 Å². The van der Waals surface area contributed by atoms with Crippen molar-refractivity contribution in [3.63, 3.8) is 0 Å². The number of pyridine rings is 1. The monoisotopic (exact) mass is 450 g/mol. The van der Waals surface area contributed by atoms with Crippen LogP contribution in [0.25, 0.3) is 21.5 Å². The summed E-state index contributed by atoms with van der Waals surface area (Å²) in [4.78, 5) is 34.2. The second-order valence-corrected chi connectivity index (χ2v) is 7.47. The number of nitrogens with one attached hydrogen (secondary N) is 2. The number of benzene rings is 1. The predicted octanol–water partition coefficient (Wildman–Crippen LogP) is 2.13. The summed E-state index contributed by atoms with van der Waals surface area (Å²) >= 11 is 1.14. The summed E-state index contributed by atoms with van der Waals surface area (Å²) < 4.78 is 5.40. The second kappa shape index (κ2) is 9.45. The number of aromatic nitrogens is 4. The lowest BCUT2D eigenvalue weighted by molar-refractivity contribution is 0.0939. The zero-order valence-electron chi connectivity index (χ0n) is 16.9. The summed E-state index contributed by atoms with van der Waals surface area (Å²) in [5.74, 6) is -0.212. The van der Waals surface area contributed by atoms with E-state index in [-0.39, 0.29) is 18.8 Å². The molecule has 0 atom stereocenters. The number of hydrogen-bond donors (Lipinski definition) is 3. The molecule has 2 amide bonds. The molecule has 0 fully saturated rings. The smallest absolute Gasteiger partial charge is 0.270 e. The molecule has 3 N–H and O–H groups in total. The van der Waals surface area contributed by atoms with Gasteiger partial charge in [0.2, 0.25) is 0 Å². The van der Waals surface area contributed by atoms with E-state index >= 15 is 0 Å². The summed E-state index contributed by atoms with van der Waals surface area (Å²) in [5, 5.41) is 22.2. The van der Waals surface area contributed by atoms with Gasteiger partial charge in [0.05, 0.1) is 31.7 Å². The number of thiazole rings is 1. The molecule has 0 spiro atoms. The van der Waals surface area contributed by atoms with Gasteiger partial charge >= 0.3 is 0 Å². The number of hydrogen-bond acceptors (Lipinski definition) is 9. The number of rotatable bonds is 7. The molecular weight excluding hydrogens is 432 g/mol. The number of ether oxygens (including phenoxy) is 1. The molecule has 0 aliphatic carbocycles. The van der Waals surface area contributed by atoms with E-state index in [2.05, 4.69) is 30.8 Å². The van der Waals surface area contributed by atoms with E-state index in [4.69, 9.17) is 9.84 Å². The highest BCUT2D eigenvalue weighted by atomic mass is 32.1. The first kappa shape index (κ1) is 21.3. The average Bonchev–Trinajstić information content (AvgIpc) is 3.23. The van der Waals surface area contributed by atoms with Crippen LogP contribution in [0.1, 0.15) is 20.8 Å². The number of carbonyl (C=O) groups is 2. The minimum Gasteiger partial charge on any atom is -0.496 e. The van der Waals surface area contributed by atoms with E-state index in [9.17, 15) is 9.59 Å². The van der Waals surface area contributed by atoms with Gasteiger partial charge < -0.3 is 15.2 Å². The molecule has 3 aromatic heterocycles. The van der Waals surface area contributed by atoms with Gasteiger partial charge in [-0.15, -0.1) is 0 Å². The van der Waals surface area contributed by atoms with Gasteiger partial charge in [-0.2, -0.15) is 10.2 Å². The van der Waals surface area contributed by atoms with Crippen LogP contribution in [0, 0.1) is 0 Å². The highest BCUT2D eigenvalue weighted by molar-refractivity contribution is 7.22. The number of fused-ring (bicyclic) bond motifs is 1. The molecule has 0 aliphatic heterocycles. The van der Waals surface area contributed by atoms with Crippen LogP contribution in [-0.2, 0) is 0 Å². The third-order valence-corrected chi connectivity index (χ3v) is 5.36. The number of carbonyl (C=O) groups excluding carboxylic acids is 2. The lowest BCUT2D eigenvalue weighted by atomic mass is 10.0. The maximum Gasteiger partial charge on any atom is 0.270 e.